The summed E-state index contributed by atoms with van der Waals surface area (Å²) in [4.78, 5) is 0. The fourth-order valence-corrected chi connectivity index (χ4v) is 0. The first-order valence-electron chi connectivity index (χ1n) is 3.51. The second kappa shape index (κ2) is 5.72. The fraction of sp³-hybridized carbons (Fsp3) is 1.00. The number of hydrogen-bond donors (Lipinski definition) is 1. The molecular formula is C5H15NaO3SSi. The Balaban J connectivity index is 0. The van der Waals surface area contributed by atoms with Crippen LogP contribution in [0.1, 0.15) is 6.92 Å². The average molecular weight is 206 g/mol. The van der Waals surface area contributed by atoms with Crippen molar-refractivity contribution in [3.05, 3.63) is 0 Å². The monoisotopic (exact) mass is 206 g/mol. The predicted molar refractivity (Wildman–Crippen MR) is 51.2 cm³/mol. The molecule has 0 radical (unpaired) electrons. The van der Waals surface area contributed by atoms with Gasteiger partial charge in [-0.25, -0.2) is 0 Å². The summed E-state index contributed by atoms with van der Waals surface area (Å²) in [6.45, 7) is 8.53. The molecule has 0 unspecified atom stereocenters. The molecule has 11 heavy (non-hydrogen) atoms. The van der Waals surface area contributed by atoms with E-state index in [4.69, 9.17) is 4.55 Å². The Kier molecular flexibility index (Phi) is 7.61. The van der Waals surface area contributed by atoms with Gasteiger partial charge in [-0.15, -0.1) is 0 Å². The summed E-state index contributed by atoms with van der Waals surface area (Å²) in [7, 11) is -3.66. The Bertz CT molecular complexity index is 176. The zero-order valence-electron chi connectivity index (χ0n) is 7.88. The minimum atomic E-state index is -3.66. The average Bonchev–Trinajstić information content (AvgIpc) is 1.59. The summed E-state index contributed by atoms with van der Waals surface area (Å²) in [6, 6.07) is 0. The van der Waals surface area contributed by atoms with Crippen LogP contribution in [0.25, 0.3) is 0 Å². The Labute approximate surface area is 86.5 Å². The van der Waals surface area contributed by atoms with E-state index in [1.54, 1.807) is 0 Å². The zero-order valence-corrected chi connectivity index (χ0v) is 11.7. The van der Waals surface area contributed by atoms with Gasteiger partial charge in [0.1, 0.15) is 0 Å². The topological polar surface area (TPSA) is 54.4 Å². The third-order valence-electron chi connectivity index (χ3n) is 0.365. The van der Waals surface area contributed by atoms with E-state index < -0.39 is 14.8 Å². The van der Waals surface area contributed by atoms with E-state index in [1.807, 2.05) is 0 Å². The van der Waals surface area contributed by atoms with Crippen molar-refractivity contribution in [3.8, 4) is 0 Å². The molecule has 0 amide bonds. The van der Waals surface area contributed by atoms with Crippen LogP contribution in [-0.4, -0.2) is 50.4 Å². The molecular weight excluding hydrogens is 191 g/mol. The second-order valence-corrected chi connectivity index (χ2v) is 20.6. The molecule has 0 aromatic carbocycles. The molecule has 0 aliphatic carbocycles. The van der Waals surface area contributed by atoms with Crippen molar-refractivity contribution in [2.75, 3.05) is 5.75 Å². The van der Waals surface area contributed by atoms with Gasteiger partial charge >= 0.3 is 51.3 Å². The number of rotatable bonds is 1. The van der Waals surface area contributed by atoms with Crippen LogP contribution in [0.3, 0.4) is 0 Å². The Hall–Kier alpha value is 1.13. The predicted octanol–water partition coefficient (Wildman–Crippen LogP) is 0.884. The fourth-order valence-electron chi connectivity index (χ4n) is 0. The van der Waals surface area contributed by atoms with E-state index in [1.165, 1.54) is 33.9 Å². The molecule has 1 N–H and O–H groups in total. The van der Waals surface area contributed by atoms with Gasteiger partial charge in [-0.05, 0) is 6.92 Å². The molecule has 0 aromatic rings. The molecule has 0 fully saturated rings. The molecule has 3 nitrogen and oxygen atoms in total. The van der Waals surface area contributed by atoms with Crippen LogP contribution in [0.2, 0.25) is 19.6 Å². The summed E-state index contributed by atoms with van der Waals surface area (Å²) < 4.78 is 26.4. The third kappa shape index (κ3) is 54.4. The summed E-state index contributed by atoms with van der Waals surface area (Å²) in [5.74, 6) is -0.201. The standard InChI is InChI=1S/C3H9Si.C2H6O3S.Na/c1-4(2)3;1-2-6(3,4)5;/h1-3H3;2H2,1H3,(H,3,4,5);. The molecule has 6 heteroatoms. The first-order chi connectivity index (χ1) is 4.56. The maximum absolute atomic E-state index is 9.56. The van der Waals surface area contributed by atoms with E-state index in [0.29, 0.717) is 0 Å². The van der Waals surface area contributed by atoms with E-state index in [9.17, 15) is 8.42 Å². The summed E-state index contributed by atoms with van der Waals surface area (Å²) >= 11 is 1.45. The molecule has 0 aromatic heterocycles. The van der Waals surface area contributed by atoms with Crippen LogP contribution >= 0.6 is 0 Å². The molecule has 0 bridgehead atoms. The number of hydrogen-bond acceptors (Lipinski definition) is 2. The van der Waals surface area contributed by atoms with Gasteiger partial charge in [0, 0.05) is 0 Å². The van der Waals surface area contributed by atoms with Gasteiger partial charge in [0.05, 0.1) is 5.75 Å². The van der Waals surface area contributed by atoms with Crippen molar-refractivity contribution in [1.29, 1.82) is 0 Å². The molecule has 64 valence electrons. The summed E-state index contributed by atoms with van der Waals surface area (Å²) in [5, 5.41) is 0. The zero-order chi connectivity index (χ0) is 9.71. The summed E-state index contributed by atoms with van der Waals surface area (Å²) in [5.41, 5.74) is 0. The van der Waals surface area contributed by atoms with Crippen LogP contribution in [0.4, 0.5) is 0 Å². The van der Waals surface area contributed by atoms with Crippen LogP contribution in [0.5, 0.6) is 0 Å². The molecule has 0 rings (SSSR count). The molecule has 0 atom stereocenters. The SMILES string of the molecule is CCS(=O)(=O)O.C[Si](C)(C)[Na]. The van der Waals surface area contributed by atoms with E-state index in [2.05, 4.69) is 19.6 Å². The molecule has 0 aliphatic rings. The van der Waals surface area contributed by atoms with Gasteiger partial charge in [-0.3, -0.25) is 4.55 Å². The molecule has 0 spiro atoms. The third-order valence-corrected chi connectivity index (χ3v) is 1.09. The molecule has 0 saturated heterocycles. The van der Waals surface area contributed by atoms with Crippen molar-refractivity contribution >= 4 is 41.8 Å². The second-order valence-electron chi connectivity index (χ2n) is 3.87. The van der Waals surface area contributed by atoms with Crippen molar-refractivity contribution in [2.45, 2.75) is 26.6 Å². The maximum atomic E-state index is 9.56. The molecule has 0 heterocycles. The van der Waals surface area contributed by atoms with Crippen molar-refractivity contribution in [3.63, 3.8) is 0 Å². The Morgan fingerprint density at radius 1 is 1.36 bits per heavy atom. The van der Waals surface area contributed by atoms with E-state index >= 15 is 0 Å². The van der Waals surface area contributed by atoms with Crippen LogP contribution < -0.4 is 0 Å². The van der Waals surface area contributed by atoms with Gasteiger partial charge in [0.15, 0.2) is 0 Å². The first-order valence-corrected chi connectivity index (χ1v) is 12.1. The van der Waals surface area contributed by atoms with Gasteiger partial charge in [0.2, 0.25) is 0 Å². The van der Waals surface area contributed by atoms with Crippen molar-refractivity contribution in [1.82, 2.24) is 0 Å². The molecule has 0 aliphatic heterocycles. The summed E-state index contributed by atoms with van der Waals surface area (Å²) in [6.07, 6.45) is 0. The molecule has 0 saturated carbocycles. The van der Waals surface area contributed by atoms with Crippen LogP contribution in [0.15, 0.2) is 0 Å². The quantitative estimate of drug-likeness (QED) is 0.512. The Morgan fingerprint density at radius 2 is 1.45 bits per heavy atom. The first kappa shape index (κ1) is 14.6. The Morgan fingerprint density at radius 3 is 1.45 bits per heavy atom. The van der Waals surface area contributed by atoms with Crippen molar-refractivity contribution < 1.29 is 13.0 Å². The van der Waals surface area contributed by atoms with Crippen molar-refractivity contribution in [2.24, 2.45) is 0 Å². The minimum absolute atomic E-state index is 0.201. The normalized spacial score (nSPS) is 11.9. The van der Waals surface area contributed by atoms with E-state index in [-0.39, 0.29) is 5.75 Å². The van der Waals surface area contributed by atoms with Gasteiger partial charge < -0.3 is 0 Å². The van der Waals surface area contributed by atoms with Crippen LogP contribution in [-0.2, 0) is 10.1 Å². The van der Waals surface area contributed by atoms with E-state index in [0.717, 1.165) is 0 Å². The van der Waals surface area contributed by atoms with Crippen LogP contribution in [0, 0.1) is 0 Å². The van der Waals surface area contributed by atoms with Gasteiger partial charge in [-0.1, -0.05) is 0 Å². The van der Waals surface area contributed by atoms with Gasteiger partial charge in [0.25, 0.3) is 10.1 Å². The van der Waals surface area contributed by atoms with Gasteiger partial charge in [-0.2, -0.15) is 8.42 Å².